The van der Waals surface area contributed by atoms with E-state index in [1.54, 1.807) is 6.07 Å². The molecule has 10 heavy (non-hydrogen) atoms. The van der Waals surface area contributed by atoms with Gasteiger partial charge in [-0.25, -0.2) is 0 Å². The molecular formula is C6H7F3N. The molecular weight excluding hydrogens is 143 g/mol. The first-order chi connectivity index (χ1) is 4.45. The van der Waals surface area contributed by atoms with Crippen LogP contribution < -0.4 is 0 Å². The second kappa shape index (κ2) is 3.45. The zero-order valence-corrected chi connectivity index (χ0v) is 5.28. The molecule has 0 N–H and O–H groups in total. The predicted molar refractivity (Wildman–Crippen MR) is 29.7 cm³/mol. The Labute approximate surface area is 57.5 Å². The lowest BCUT2D eigenvalue weighted by atomic mass is 10.1. The highest BCUT2D eigenvalue weighted by atomic mass is 19.4. The lowest BCUT2D eigenvalue weighted by molar-refractivity contribution is -0.136. The van der Waals surface area contributed by atoms with Crippen molar-refractivity contribution in [3.63, 3.8) is 0 Å². The quantitative estimate of drug-likeness (QED) is 0.592. The Hall–Kier alpha value is -0.720. The predicted octanol–water partition coefficient (Wildman–Crippen LogP) is 2.30. The highest BCUT2D eigenvalue weighted by Crippen LogP contribution is 2.23. The van der Waals surface area contributed by atoms with Gasteiger partial charge in [-0.1, -0.05) is 0 Å². The highest BCUT2D eigenvalue weighted by Gasteiger charge is 2.27. The van der Waals surface area contributed by atoms with Crippen LogP contribution in [0.3, 0.4) is 0 Å². The minimum Gasteiger partial charge on any atom is -0.198 e. The second-order valence-electron chi connectivity index (χ2n) is 1.98. The van der Waals surface area contributed by atoms with Gasteiger partial charge in [-0.05, 0) is 13.3 Å². The van der Waals surface area contributed by atoms with Crippen LogP contribution in [0.1, 0.15) is 12.8 Å². The molecule has 1 radical (unpaired) electrons. The molecule has 0 fully saturated rings. The molecule has 0 aromatic rings. The van der Waals surface area contributed by atoms with Crippen LogP contribution in [0.25, 0.3) is 0 Å². The lowest BCUT2D eigenvalue weighted by Crippen LogP contribution is -2.08. The van der Waals surface area contributed by atoms with Crippen molar-refractivity contribution in [2.24, 2.45) is 5.92 Å². The van der Waals surface area contributed by atoms with E-state index in [0.717, 1.165) is 0 Å². The van der Waals surface area contributed by atoms with Gasteiger partial charge in [0.15, 0.2) is 0 Å². The first-order valence-electron chi connectivity index (χ1n) is 2.75. The van der Waals surface area contributed by atoms with Gasteiger partial charge in [-0.15, -0.1) is 0 Å². The van der Waals surface area contributed by atoms with Crippen LogP contribution in [0, 0.1) is 24.2 Å². The normalized spacial score (nSPS) is 14.3. The molecule has 0 aliphatic carbocycles. The number of alkyl halides is 3. The van der Waals surface area contributed by atoms with E-state index >= 15 is 0 Å². The molecule has 1 atom stereocenters. The smallest absolute Gasteiger partial charge is 0.198 e. The van der Waals surface area contributed by atoms with Crippen LogP contribution in [0.4, 0.5) is 13.2 Å². The molecule has 4 heteroatoms. The van der Waals surface area contributed by atoms with E-state index in [-0.39, 0.29) is 6.42 Å². The third-order valence-corrected chi connectivity index (χ3v) is 0.959. The van der Waals surface area contributed by atoms with E-state index in [1.165, 1.54) is 0 Å². The fourth-order valence-electron chi connectivity index (χ4n) is 0.402. The molecule has 0 saturated heterocycles. The monoisotopic (exact) mass is 150 g/mol. The summed E-state index contributed by atoms with van der Waals surface area (Å²) in [6.45, 7) is 3.20. The molecule has 0 aromatic heterocycles. The Morgan fingerprint density at radius 3 is 2.30 bits per heavy atom. The van der Waals surface area contributed by atoms with Gasteiger partial charge in [0.2, 0.25) is 0 Å². The SMILES string of the molecule is [CH2]C(C#N)CCC(F)(F)F. The molecule has 0 aliphatic heterocycles. The summed E-state index contributed by atoms with van der Waals surface area (Å²) in [5, 5.41) is 8.05. The van der Waals surface area contributed by atoms with Gasteiger partial charge in [-0.3, -0.25) is 0 Å². The average molecular weight is 150 g/mol. The lowest BCUT2D eigenvalue weighted by Gasteiger charge is -2.05. The van der Waals surface area contributed by atoms with Crippen LogP contribution in [-0.2, 0) is 0 Å². The number of rotatable bonds is 2. The van der Waals surface area contributed by atoms with E-state index in [2.05, 4.69) is 6.92 Å². The number of nitriles is 1. The minimum absolute atomic E-state index is 0.208. The van der Waals surface area contributed by atoms with Crippen molar-refractivity contribution in [3.05, 3.63) is 6.92 Å². The summed E-state index contributed by atoms with van der Waals surface area (Å²) in [6, 6.07) is 1.63. The first-order valence-corrected chi connectivity index (χ1v) is 2.75. The van der Waals surface area contributed by atoms with E-state index in [1.807, 2.05) is 0 Å². The Bertz CT molecular complexity index is 133. The summed E-state index contributed by atoms with van der Waals surface area (Å²) in [4.78, 5) is 0. The fraction of sp³-hybridized carbons (Fsp3) is 0.667. The van der Waals surface area contributed by atoms with Crippen LogP contribution in [-0.4, -0.2) is 6.18 Å². The molecule has 57 valence electrons. The Morgan fingerprint density at radius 1 is 1.50 bits per heavy atom. The molecule has 0 amide bonds. The van der Waals surface area contributed by atoms with Gasteiger partial charge in [0.1, 0.15) is 0 Å². The maximum atomic E-state index is 11.4. The molecule has 0 spiro atoms. The van der Waals surface area contributed by atoms with Gasteiger partial charge in [-0.2, -0.15) is 18.4 Å². The fourth-order valence-corrected chi connectivity index (χ4v) is 0.402. The van der Waals surface area contributed by atoms with E-state index in [9.17, 15) is 13.2 Å². The summed E-state index contributed by atoms with van der Waals surface area (Å²) >= 11 is 0. The summed E-state index contributed by atoms with van der Waals surface area (Å²) < 4.78 is 34.2. The minimum atomic E-state index is -4.16. The van der Waals surface area contributed by atoms with Crippen LogP contribution in [0.15, 0.2) is 0 Å². The van der Waals surface area contributed by atoms with Gasteiger partial charge in [0.25, 0.3) is 0 Å². The zero-order chi connectivity index (χ0) is 8.20. The van der Waals surface area contributed by atoms with E-state index in [0.29, 0.717) is 0 Å². The van der Waals surface area contributed by atoms with Crippen LogP contribution in [0.2, 0.25) is 0 Å². The number of nitrogens with zero attached hydrogens (tertiary/aromatic N) is 1. The standard InChI is InChI=1S/C6H7F3N/c1-5(4-10)2-3-6(7,8)9/h5H,1-3H2. The zero-order valence-electron chi connectivity index (χ0n) is 5.28. The van der Waals surface area contributed by atoms with Crippen molar-refractivity contribution in [2.45, 2.75) is 19.0 Å². The molecule has 0 saturated carbocycles. The van der Waals surface area contributed by atoms with Crippen molar-refractivity contribution < 1.29 is 13.2 Å². The topological polar surface area (TPSA) is 23.8 Å². The van der Waals surface area contributed by atoms with E-state index < -0.39 is 18.5 Å². The van der Waals surface area contributed by atoms with Crippen LogP contribution in [0.5, 0.6) is 0 Å². The molecule has 0 aliphatic rings. The van der Waals surface area contributed by atoms with Crippen molar-refractivity contribution in [3.8, 4) is 6.07 Å². The molecule has 0 bridgehead atoms. The van der Waals surface area contributed by atoms with Gasteiger partial charge in [0.05, 0.1) is 6.07 Å². The van der Waals surface area contributed by atoms with Crippen molar-refractivity contribution >= 4 is 0 Å². The van der Waals surface area contributed by atoms with Crippen molar-refractivity contribution in [1.82, 2.24) is 0 Å². The maximum Gasteiger partial charge on any atom is 0.389 e. The third-order valence-electron chi connectivity index (χ3n) is 0.959. The molecule has 0 aromatic carbocycles. The molecule has 1 unspecified atom stereocenters. The third kappa shape index (κ3) is 5.42. The summed E-state index contributed by atoms with van der Waals surface area (Å²) in [6.07, 6.45) is -5.29. The maximum absolute atomic E-state index is 11.4. The Morgan fingerprint density at radius 2 is 2.00 bits per heavy atom. The Balaban J connectivity index is 3.48. The second-order valence-corrected chi connectivity index (χ2v) is 1.98. The van der Waals surface area contributed by atoms with Gasteiger partial charge in [0, 0.05) is 12.3 Å². The molecule has 0 rings (SSSR count). The van der Waals surface area contributed by atoms with Crippen molar-refractivity contribution in [1.29, 1.82) is 5.26 Å². The summed E-state index contributed by atoms with van der Waals surface area (Å²) in [7, 11) is 0. The summed E-state index contributed by atoms with van der Waals surface area (Å²) in [5.74, 6) is -0.748. The number of hydrogen-bond acceptors (Lipinski definition) is 1. The summed E-state index contributed by atoms with van der Waals surface area (Å²) in [5.41, 5.74) is 0. The number of halogens is 3. The van der Waals surface area contributed by atoms with Gasteiger partial charge >= 0.3 is 6.18 Å². The largest absolute Gasteiger partial charge is 0.389 e. The van der Waals surface area contributed by atoms with E-state index in [4.69, 9.17) is 5.26 Å². The first kappa shape index (κ1) is 9.28. The number of hydrogen-bond donors (Lipinski definition) is 0. The Kier molecular flexibility index (Phi) is 3.20. The van der Waals surface area contributed by atoms with Crippen molar-refractivity contribution in [2.75, 3.05) is 0 Å². The average Bonchev–Trinajstić information content (AvgIpc) is 1.81. The molecule has 1 nitrogen and oxygen atoms in total. The molecule has 0 heterocycles. The van der Waals surface area contributed by atoms with Gasteiger partial charge < -0.3 is 0 Å². The van der Waals surface area contributed by atoms with Crippen LogP contribution >= 0.6 is 0 Å². The highest BCUT2D eigenvalue weighted by molar-refractivity contribution is 4.84.